The molecule has 1 N–H and O–H groups in total. The van der Waals surface area contributed by atoms with Crippen LogP contribution in [0.1, 0.15) is 37.4 Å². The van der Waals surface area contributed by atoms with Gasteiger partial charge in [0.25, 0.3) is 0 Å². The monoisotopic (exact) mass is 265 g/mol. The van der Waals surface area contributed by atoms with E-state index in [-0.39, 0.29) is 0 Å². The lowest BCUT2D eigenvalue weighted by molar-refractivity contribution is 0.0156. The van der Waals surface area contributed by atoms with Crippen LogP contribution in [0.5, 0.6) is 0 Å². The number of hydrogen-bond acceptors (Lipinski definition) is 3. The van der Waals surface area contributed by atoms with Gasteiger partial charge < -0.3 is 5.32 Å². The second kappa shape index (κ2) is 4.05. The lowest BCUT2D eigenvalue weighted by atomic mass is 9.48. The molecule has 3 nitrogen and oxygen atoms in total. The van der Waals surface area contributed by atoms with Gasteiger partial charge in [0.05, 0.1) is 0 Å². The molecular formula is C17H19N3. The number of hydrogen-bond donors (Lipinski definition) is 1. The normalized spacial score (nSPS) is 25.5. The second-order valence-electron chi connectivity index (χ2n) is 6.59. The maximum atomic E-state index is 4.87. The summed E-state index contributed by atoms with van der Waals surface area (Å²) in [5.74, 6) is 3.23. The van der Waals surface area contributed by atoms with E-state index in [1.165, 1.54) is 24.1 Å². The fraction of sp³-hybridized carbons (Fsp3) is 0.412. The predicted molar refractivity (Wildman–Crippen MR) is 80.1 cm³/mol. The Hall–Kier alpha value is -1.90. The lowest BCUT2D eigenvalue weighted by Crippen LogP contribution is -2.48. The quantitative estimate of drug-likeness (QED) is 0.894. The Bertz CT molecular complexity index is 649. The van der Waals surface area contributed by atoms with E-state index in [2.05, 4.69) is 36.3 Å². The van der Waals surface area contributed by atoms with E-state index < -0.39 is 0 Å². The summed E-state index contributed by atoms with van der Waals surface area (Å²) in [5, 5.41) is 3.30. The zero-order valence-electron chi connectivity index (χ0n) is 11.9. The van der Waals surface area contributed by atoms with Crippen LogP contribution in [-0.4, -0.2) is 9.97 Å². The van der Waals surface area contributed by atoms with Crippen molar-refractivity contribution in [3.63, 3.8) is 0 Å². The Morgan fingerprint density at radius 1 is 1.15 bits per heavy atom. The first-order valence-corrected chi connectivity index (χ1v) is 7.32. The van der Waals surface area contributed by atoms with Crippen molar-refractivity contribution >= 4 is 11.6 Å². The molecular weight excluding hydrogens is 246 g/mol. The van der Waals surface area contributed by atoms with Gasteiger partial charge in [-0.25, -0.2) is 9.97 Å². The molecule has 2 bridgehead atoms. The van der Waals surface area contributed by atoms with E-state index >= 15 is 0 Å². The molecule has 5 rings (SSSR count). The second-order valence-corrected chi connectivity index (χ2v) is 6.59. The fourth-order valence-corrected chi connectivity index (χ4v) is 3.71. The number of nitrogens with zero attached hydrogens (tertiary/aromatic N) is 2. The molecule has 2 aromatic rings. The molecule has 2 aromatic heterocycles. The van der Waals surface area contributed by atoms with Crippen molar-refractivity contribution in [2.24, 2.45) is 11.3 Å². The zero-order chi connectivity index (χ0) is 13.7. The van der Waals surface area contributed by atoms with Crippen molar-refractivity contribution in [1.29, 1.82) is 0 Å². The Kier molecular flexibility index (Phi) is 2.40. The van der Waals surface area contributed by atoms with Gasteiger partial charge in [0.1, 0.15) is 11.6 Å². The van der Waals surface area contributed by atoms with Crippen molar-refractivity contribution in [3.05, 3.63) is 47.8 Å². The van der Waals surface area contributed by atoms with Crippen LogP contribution in [0.4, 0.5) is 11.6 Å². The number of nitrogens with one attached hydrogen (secondary N) is 1. The lowest BCUT2D eigenvalue weighted by Gasteiger charge is -2.56. The van der Waals surface area contributed by atoms with E-state index in [1.54, 1.807) is 6.20 Å². The van der Waals surface area contributed by atoms with Crippen molar-refractivity contribution in [2.75, 3.05) is 5.32 Å². The summed E-state index contributed by atoms with van der Waals surface area (Å²) in [7, 11) is 0. The molecule has 0 saturated heterocycles. The van der Waals surface area contributed by atoms with Crippen molar-refractivity contribution < 1.29 is 0 Å². The third-order valence-electron chi connectivity index (χ3n) is 5.20. The largest absolute Gasteiger partial charge is 0.325 e. The molecule has 0 spiro atoms. The molecule has 2 heterocycles. The van der Waals surface area contributed by atoms with Gasteiger partial charge in [0.15, 0.2) is 0 Å². The Labute approximate surface area is 119 Å². The molecule has 0 aromatic carbocycles. The minimum Gasteiger partial charge on any atom is -0.325 e. The fourth-order valence-electron chi connectivity index (χ4n) is 3.71. The molecule has 3 heteroatoms. The van der Waals surface area contributed by atoms with Gasteiger partial charge >= 0.3 is 0 Å². The number of aromatic nitrogens is 2. The molecule has 3 aliphatic rings. The minimum absolute atomic E-state index is 0.420. The van der Waals surface area contributed by atoms with Gasteiger partial charge in [-0.1, -0.05) is 26.0 Å². The topological polar surface area (TPSA) is 37.8 Å². The van der Waals surface area contributed by atoms with Crippen LogP contribution in [0.2, 0.25) is 0 Å². The van der Waals surface area contributed by atoms with Crippen LogP contribution in [0.15, 0.2) is 36.5 Å². The Balaban J connectivity index is 1.67. The summed E-state index contributed by atoms with van der Waals surface area (Å²) >= 11 is 0. The molecule has 3 aliphatic carbocycles. The average Bonchev–Trinajstić information content (AvgIpc) is 2.47. The maximum absolute atomic E-state index is 4.87. The van der Waals surface area contributed by atoms with Crippen LogP contribution < -0.4 is 5.32 Å². The van der Waals surface area contributed by atoms with Crippen molar-refractivity contribution in [2.45, 2.75) is 32.6 Å². The summed E-state index contributed by atoms with van der Waals surface area (Å²) in [5.41, 5.74) is 3.17. The number of pyridine rings is 2. The van der Waals surface area contributed by atoms with Crippen LogP contribution in [-0.2, 0) is 6.42 Å². The highest BCUT2D eigenvalue weighted by Crippen LogP contribution is 2.61. The third kappa shape index (κ3) is 1.65. The SMILES string of the molecule is CC1(C)[C@H]2Cc3ccc(Nc4ccccn4)nc3[C@@H]1C2. The smallest absolute Gasteiger partial charge is 0.131 e. The molecule has 0 unspecified atom stereocenters. The first-order valence-electron chi connectivity index (χ1n) is 7.32. The summed E-state index contributed by atoms with van der Waals surface area (Å²) in [6.45, 7) is 4.77. The van der Waals surface area contributed by atoms with Gasteiger partial charge in [-0.2, -0.15) is 0 Å². The maximum Gasteiger partial charge on any atom is 0.131 e. The predicted octanol–water partition coefficient (Wildman–Crippen LogP) is 3.91. The van der Waals surface area contributed by atoms with Crippen molar-refractivity contribution in [1.82, 2.24) is 9.97 Å². The summed E-state index contributed by atoms with van der Waals surface area (Å²) in [6, 6.07) is 10.2. The van der Waals surface area contributed by atoms with Crippen LogP contribution in [0, 0.1) is 11.3 Å². The van der Waals surface area contributed by atoms with Crippen LogP contribution >= 0.6 is 0 Å². The third-order valence-corrected chi connectivity index (χ3v) is 5.20. The van der Waals surface area contributed by atoms with Gasteiger partial charge in [-0.05, 0) is 47.9 Å². The van der Waals surface area contributed by atoms with E-state index in [9.17, 15) is 0 Å². The first-order chi connectivity index (χ1) is 9.64. The van der Waals surface area contributed by atoms with E-state index in [0.717, 1.165) is 17.6 Å². The Morgan fingerprint density at radius 2 is 2.05 bits per heavy atom. The Morgan fingerprint density at radius 3 is 2.80 bits per heavy atom. The molecule has 0 radical (unpaired) electrons. The molecule has 1 saturated carbocycles. The van der Waals surface area contributed by atoms with Crippen LogP contribution in [0.25, 0.3) is 0 Å². The number of rotatable bonds is 2. The highest BCUT2D eigenvalue weighted by molar-refractivity contribution is 5.53. The van der Waals surface area contributed by atoms with E-state index in [1.807, 2.05) is 18.2 Å². The van der Waals surface area contributed by atoms with Crippen molar-refractivity contribution in [3.8, 4) is 0 Å². The highest BCUT2D eigenvalue weighted by Gasteiger charge is 2.53. The van der Waals surface area contributed by atoms with Crippen LogP contribution in [0.3, 0.4) is 0 Å². The highest BCUT2D eigenvalue weighted by atomic mass is 15.1. The molecule has 0 aliphatic heterocycles. The van der Waals surface area contributed by atoms with E-state index in [0.29, 0.717) is 11.3 Å². The minimum atomic E-state index is 0.420. The molecule has 2 atom stereocenters. The average molecular weight is 265 g/mol. The summed E-state index contributed by atoms with van der Waals surface area (Å²) in [4.78, 5) is 9.16. The molecule has 102 valence electrons. The summed E-state index contributed by atoms with van der Waals surface area (Å²) < 4.78 is 0. The molecule has 1 fully saturated rings. The summed E-state index contributed by atoms with van der Waals surface area (Å²) in [6.07, 6.45) is 4.29. The van der Waals surface area contributed by atoms with Gasteiger partial charge in [-0.3, -0.25) is 0 Å². The van der Waals surface area contributed by atoms with Gasteiger partial charge in [0.2, 0.25) is 0 Å². The molecule has 20 heavy (non-hydrogen) atoms. The van der Waals surface area contributed by atoms with E-state index in [4.69, 9.17) is 4.98 Å². The first kappa shape index (κ1) is 11.9. The zero-order valence-corrected chi connectivity index (χ0v) is 11.9. The van der Waals surface area contributed by atoms with Gasteiger partial charge in [-0.15, -0.1) is 0 Å². The number of anilines is 2. The van der Waals surface area contributed by atoms with Gasteiger partial charge in [0, 0.05) is 17.8 Å². The molecule has 0 amide bonds. The standard InChI is InChI=1S/C17H19N3/c1-17(2)12-9-11-6-7-15(20-16(11)13(17)10-12)19-14-5-3-4-8-18-14/h3-8,12-13H,9-10H2,1-2H3,(H,18,19,20)/t12-,13-/m0/s1.